The minimum Gasteiger partial charge on any atom is -0.349 e. The second-order valence-electron chi connectivity index (χ2n) is 3.86. The average molecular weight is 274 g/mol. The molecule has 1 saturated heterocycles. The van der Waals surface area contributed by atoms with Gasteiger partial charge in [0.2, 0.25) is 5.82 Å². The fraction of sp³-hybridized carbons (Fsp3) is 0.500. The van der Waals surface area contributed by atoms with Crippen LogP contribution in [0.5, 0.6) is 0 Å². The van der Waals surface area contributed by atoms with Gasteiger partial charge in [0, 0.05) is 30.2 Å². The lowest BCUT2D eigenvalue weighted by Gasteiger charge is -2.31. The summed E-state index contributed by atoms with van der Waals surface area (Å²) in [6.45, 7) is 3.63. The zero-order valence-electron chi connectivity index (χ0n) is 9.30. The summed E-state index contributed by atoms with van der Waals surface area (Å²) in [4.78, 5) is 16.6. The Labute approximate surface area is 108 Å². The number of thioether (sulfide) groups is 1. The highest BCUT2D eigenvalue weighted by atomic mass is 35.5. The first-order chi connectivity index (χ1) is 8.08. The molecule has 17 heavy (non-hydrogen) atoms. The summed E-state index contributed by atoms with van der Waals surface area (Å²) >= 11 is 7.67. The molecule has 1 aliphatic heterocycles. The molecule has 0 aromatic carbocycles. The van der Waals surface area contributed by atoms with Crippen LogP contribution in [0.2, 0.25) is 5.15 Å². The molecule has 1 aliphatic rings. The van der Waals surface area contributed by atoms with Gasteiger partial charge in [-0.1, -0.05) is 18.5 Å². The molecule has 0 spiro atoms. The van der Waals surface area contributed by atoms with Gasteiger partial charge in [-0.15, -0.1) is 0 Å². The van der Waals surface area contributed by atoms with Crippen molar-refractivity contribution in [1.82, 2.24) is 4.98 Å². The topological polar surface area (TPSA) is 59.3 Å². The van der Waals surface area contributed by atoms with Crippen molar-refractivity contribution in [1.29, 1.82) is 0 Å². The van der Waals surface area contributed by atoms with Gasteiger partial charge in [-0.05, 0) is 6.07 Å². The molecule has 0 N–H and O–H groups in total. The maximum Gasteiger partial charge on any atom is 0.311 e. The molecule has 0 saturated carbocycles. The van der Waals surface area contributed by atoms with E-state index in [-0.39, 0.29) is 10.8 Å². The summed E-state index contributed by atoms with van der Waals surface area (Å²) in [5, 5.41) is 11.7. The Morgan fingerprint density at radius 2 is 2.41 bits per heavy atom. The third-order valence-corrected chi connectivity index (χ3v) is 3.90. The van der Waals surface area contributed by atoms with Crippen LogP contribution < -0.4 is 4.90 Å². The second-order valence-corrected chi connectivity index (χ2v) is 5.79. The zero-order chi connectivity index (χ0) is 12.4. The summed E-state index contributed by atoms with van der Waals surface area (Å²) in [5.41, 5.74) is 0.0218. The van der Waals surface area contributed by atoms with Crippen molar-refractivity contribution in [2.75, 3.05) is 23.7 Å². The Kier molecular flexibility index (Phi) is 3.73. The first kappa shape index (κ1) is 12.4. The number of rotatable bonds is 2. The SMILES string of the molecule is CC1CN(c2nc(Cl)ccc2[N+](=O)[O-])CCS1. The molecular formula is C10H12ClN3O2S. The van der Waals surface area contributed by atoms with Crippen LogP contribution in [-0.4, -0.2) is 34.0 Å². The quantitative estimate of drug-likeness (QED) is 0.471. The third-order valence-electron chi connectivity index (χ3n) is 2.56. The monoisotopic (exact) mass is 273 g/mol. The molecule has 1 aromatic rings. The lowest BCUT2D eigenvalue weighted by Crippen LogP contribution is -2.37. The molecular weight excluding hydrogens is 262 g/mol. The fourth-order valence-electron chi connectivity index (χ4n) is 1.80. The van der Waals surface area contributed by atoms with Crippen LogP contribution >= 0.6 is 23.4 Å². The summed E-state index contributed by atoms with van der Waals surface area (Å²) < 4.78 is 0. The number of nitrogens with zero attached hydrogens (tertiary/aromatic N) is 3. The maximum absolute atomic E-state index is 10.9. The van der Waals surface area contributed by atoms with E-state index in [1.807, 2.05) is 16.7 Å². The van der Waals surface area contributed by atoms with E-state index in [1.165, 1.54) is 12.1 Å². The zero-order valence-corrected chi connectivity index (χ0v) is 10.9. The van der Waals surface area contributed by atoms with Gasteiger partial charge in [0.15, 0.2) is 0 Å². The summed E-state index contributed by atoms with van der Waals surface area (Å²) in [5.74, 6) is 1.33. The first-order valence-electron chi connectivity index (χ1n) is 5.25. The number of aromatic nitrogens is 1. The normalized spacial score (nSPS) is 20.4. The van der Waals surface area contributed by atoms with Crippen LogP contribution in [0.4, 0.5) is 11.5 Å². The lowest BCUT2D eigenvalue weighted by molar-refractivity contribution is -0.384. The Morgan fingerprint density at radius 1 is 1.65 bits per heavy atom. The molecule has 2 heterocycles. The maximum atomic E-state index is 10.9. The van der Waals surface area contributed by atoms with Gasteiger partial charge in [0.05, 0.1) is 4.92 Å². The predicted octanol–water partition coefficient (Wildman–Crippen LogP) is 2.58. The summed E-state index contributed by atoms with van der Waals surface area (Å²) in [7, 11) is 0. The molecule has 92 valence electrons. The lowest BCUT2D eigenvalue weighted by atomic mass is 10.3. The van der Waals surface area contributed by atoms with Crippen LogP contribution in [0, 0.1) is 10.1 Å². The number of anilines is 1. The minimum absolute atomic E-state index is 0.0218. The van der Waals surface area contributed by atoms with E-state index in [0.29, 0.717) is 11.1 Å². The van der Waals surface area contributed by atoms with Crippen molar-refractivity contribution in [3.63, 3.8) is 0 Å². The van der Waals surface area contributed by atoms with Gasteiger partial charge in [0.25, 0.3) is 0 Å². The largest absolute Gasteiger partial charge is 0.349 e. The van der Waals surface area contributed by atoms with Gasteiger partial charge in [-0.25, -0.2) is 4.98 Å². The van der Waals surface area contributed by atoms with E-state index >= 15 is 0 Å². The molecule has 1 fully saturated rings. The fourth-order valence-corrected chi connectivity index (χ4v) is 2.96. The average Bonchev–Trinajstić information content (AvgIpc) is 2.28. The number of halogens is 1. The third kappa shape index (κ3) is 2.81. The van der Waals surface area contributed by atoms with Gasteiger partial charge in [-0.3, -0.25) is 10.1 Å². The van der Waals surface area contributed by atoms with Crippen molar-refractivity contribution >= 4 is 34.9 Å². The molecule has 0 bridgehead atoms. The van der Waals surface area contributed by atoms with Crippen LogP contribution in [0.3, 0.4) is 0 Å². The highest BCUT2D eigenvalue weighted by molar-refractivity contribution is 8.00. The van der Waals surface area contributed by atoms with E-state index in [0.717, 1.165) is 18.8 Å². The molecule has 1 aromatic heterocycles. The molecule has 1 atom stereocenters. The standard InChI is InChI=1S/C10H12ClN3O2S/c1-7-6-13(4-5-17-7)10-8(14(15)16)2-3-9(11)12-10/h2-3,7H,4-6H2,1H3. The molecule has 0 aliphatic carbocycles. The van der Waals surface area contributed by atoms with Crippen molar-refractivity contribution in [3.8, 4) is 0 Å². The second kappa shape index (κ2) is 5.10. The van der Waals surface area contributed by atoms with Crippen molar-refractivity contribution in [3.05, 3.63) is 27.4 Å². The molecule has 1 unspecified atom stereocenters. The summed E-state index contributed by atoms with van der Waals surface area (Å²) in [6, 6.07) is 2.86. The first-order valence-corrected chi connectivity index (χ1v) is 6.68. The highest BCUT2D eigenvalue weighted by Gasteiger charge is 2.25. The number of nitro groups is 1. The molecule has 0 amide bonds. The number of hydrogen-bond donors (Lipinski definition) is 0. The van der Waals surface area contributed by atoms with E-state index in [4.69, 9.17) is 11.6 Å². The Hall–Kier alpha value is -1.01. The van der Waals surface area contributed by atoms with Crippen molar-refractivity contribution in [2.24, 2.45) is 0 Å². The van der Waals surface area contributed by atoms with Gasteiger partial charge in [0.1, 0.15) is 5.15 Å². The van der Waals surface area contributed by atoms with E-state index in [1.54, 1.807) is 0 Å². The smallest absolute Gasteiger partial charge is 0.311 e. The van der Waals surface area contributed by atoms with Crippen LogP contribution in [0.25, 0.3) is 0 Å². The Bertz CT molecular complexity index is 444. The van der Waals surface area contributed by atoms with E-state index < -0.39 is 4.92 Å². The predicted molar refractivity (Wildman–Crippen MR) is 70.0 cm³/mol. The molecule has 2 rings (SSSR count). The molecule has 0 radical (unpaired) electrons. The van der Waals surface area contributed by atoms with Crippen molar-refractivity contribution in [2.45, 2.75) is 12.2 Å². The van der Waals surface area contributed by atoms with E-state index in [9.17, 15) is 10.1 Å². The number of hydrogen-bond acceptors (Lipinski definition) is 5. The molecule has 5 nitrogen and oxygen atoms in total. The number of pyridine rings is 1. The summed E-state index contributed by atoms with van der Waals surface area (Å²) in [6.07, 6.45) is 0. The Morgan fingerprint density at radius 3 is 3.06 bits per heavy atom. The highest BCUT2D eigenvalue weighted by Crippen LogP contribution is 2.30. The van der Waals surface area contributed by atoms with Crippen LogP contribution in [0.1, 0.15) is 6.92 Å². The van der Waals surface area contributed by atoms with Crippen LogP contribution in [-0.2, 0) is 0 Å². The minimum atomic E-state index is -0.412. The molecule has 7 heteroatoms. The van der Waals surface area contributed by atoms with Gasteiger partial charge < -0.3 is 4.90 Å². The van der Waals surface area contributed by atoms with Gasteiger partial charge >= 0.3 is 5.69 Å². The Balaban J connectivity index is 2.35. The van der Waals surface area contributed by atoms with Crippen LogP contribution in [0.15, 0.2) is 12.1 Å². The van der Waals surface area contributed by atoms with Crippen molar-refractivity contribution < 1.29 is 4.92 Å². The van der Waals surface area contributed by atoms with E-state index in [2.05, 4.69) is 11.9 Å². The van der Waals surface area contributed by atoms with Gasteiger partial charge in [-0.2, -0.15) is 11.8 Å².